The lowest BCUT2D eigenvalue weighted by Gasteiger charge is -2.18. The first-order valence-corrected chi connectivity index (χ1v) is 18.9. The smallest absolute Gasteiger partial charge is 0.159 e. The summed E-state index contributed by atoms with van der Waals surface area (Å²) < 4.78 is 41.8. The molecule has 45 heavy (non-hydrogen) atoms. The molecule has 0 radical (unpaired) electrons. The van der Waals surface area contributed by atoms with Gasteiger partial charge in [0.05, 0.1) is 26.4 Å². The highest BCUT2D eigenvalue weighted by Crippen LogP contribution is 2.20. The summed E-state index contributed by atoms with van der Waals surface area (Å²) in [5.74, 6) is 3.45. The Labute approximate surface area is 279 Å². The Kier molecular flexibility index (Phi) is 34.3. The Morgan fingerprint density at radius 1 is 0.311 bits per heavy atom. The molecule has 0 rings (SSSR count). The standard InChI is InChI=1S/C38H74O7/c1-7-13-15-17-19-21-23-25-35(42-27-9-3)37(44-29-11-5)31-39-33-41-34-40-32-38(45-30-12-6)36(43-28-10-4)26-24-22-20-18-16-14-8-2/h7-34H2,1-6H3. The van der Waals surface area contributed by atoms with Crippen LogP contribution < -0.4 is 0 Å². The first-order chi connectivity index (χ1) is 22.2. The van der Waals surface area contributed by atoms with Crippen molar-refractivity contribution in [2.24, 2.45) is 0 Å². The molecule has 0 aliphatic carbocycles. The molecular formula is C38H74O7. The van der Waals surface area contributed by atoms with E-state index in [0.717, 1.165) is 74.4 Å². The largest absolute Gasteiger partial charge is 0.494 e. The molecule has 0 amide bonds. The predicted octanol–water partition coefficient (Wildman–Crippen LogP) is 11.4. The van der Waals surface area contributed by atoms with Crippen LogP contribution in [0.2, 0.25) is 0 Å². The van der Waals surface area contributed by atoms with Crippen molar-refractivity contribution in [3.05, 3.63) is 23.0 Å². The highest BCUT2D eigenvalue weighted by molar-refractivity contribution is 5.03. The van der Waals surface area contributed by atoms with Gasteiger partial charge in [-0.15, -0.1) is 0 Å². The van der Waals surface area contributed by atoms with E-state index in [9.17, 15) is 0 Å². The van der Waals surface area contributed by atoms with Crippen LogP contribution in [0.1, 0.15) is 170 Å². The summed E-state index contributed by atoms with van der Waals surface area (Å²) in [7, 11) is 0. The summed E-state index contributed by atoms with van der Waals surface area (Å²) >= 11 is 0. The molecule has 0 N–H and O–H groups in total. The van der Waals surface area contributed by atoms with E-state index in [1.54, 1.807) is 0 Å². The molecule has 0 unspecified atom stereocenters. The summed E-state index contributed by atoms with van der Waals surface area (Å²) in [6, 6.07) is 0. The molecule has 268 valence electrons. The van der Waals surface area contributed by atoms with Crippen LogP contribution >= 0.6 is 0 Å². The van der Waals surface area contributed by atoms with Crippen molar-refractivity contribution in [1.29, 1.82) is 0 Å². The zero-order valence-corrected chi connectivity index (χ0v) is 30.7. The monoisotopic (exact) mass is 643 g/mol. The molecule has 0 aliphatic rings. The van der Waals surface area contributed by atoms with Gasteiger partial charge in [0.2, 0.25) is 0 Å². The van der Waals surface area contributed by atoms with Gasteiger partial charge in [-0.2, -0.15) is 0 Å². The van der Waals surface area contributed by atoms with E-state index in [-0.39, 0.29) is 13.6 Å². The summed E-state index contributed by atoms with van der Waals surface area (Å²) in [6.07, 6.45) is 23.3. The number of hydrogen-bond acceptors (Lipinski definition) is 7. The molecule has 0 spiro atoms. The Hall–Kier alpha value is -1.44. The van der Waals surface area contributed by atoms with Gasteiger partial charge >= 0.3 is 0 Å². The molecule has 0 aromatic heterocycles. The maximum absolute atomic E-state index is 6.14. The highest BCUT2D eigenvalue weighted by atomic mass is 16.7. The molecule has 0 saturated carbocycles. The highest BCUT2D eigenvalue weighted by Gasteiger charge is 2.13. The number of hydrogen-bond donors (Lipinski definition) is 0. The van der Waals surface area contributed by atoms with E-state index >= 15 is 0 Å². The molecule has 7 heteroatoms. The lowest BCUT2D eigenvalue weighted by Crippen LogP contribution is -2.14. The second-order valence-corrected chi connectivity index (χ2v) is 12.0. The third-order valence-electron chi connectivity index (χ3n) is 7.36. The molecule has 0 fully saturated rings. The van der Waals surface area contributed by atoms with Crippen molar-refractivity contribution in [1.82, 2.24) is 0 Å². The zero-order chi connectivity index (χ0) is 33.1. The van der Waals surface area contributed by atoms with Gasteiger partial charge in [0.1, 0.15) is 38.3 Å². The number of unbranched alkanes of at least 4 members (excludes halogenated alkanes) is 12. The Bertz CT molecular complexity index is 621. The van der Waals surface area contributed by atoms with Gasteiger partial charge in [-0.05, 0) is 38.5 Å². The molecule has 0 heterocycles. The van der Waals surface area contributed by atoms with Crippen LogP contribution in [0.3, 0.4) is 0 Å². The topological polar surface area (TPSA) is 64.6 Å². The lowest BCUT2D eigenvalue weighted by atomic mass is 10.1. The van der Waals surface area contributed by atoms with E-state index in [1.807, 2.05) is 0 Å². The van der Waals surface area contributed by atoms with Gasteiger partial charge in [0.15, 0.2) is 11.5 Å². The zero-order valence-electron chi connectivity index (χ0n) is 30.7. The average molecular weight is 643 g/mol. The van der Waals surface area contributed by atoms with E-state index < -0.39 is 0 Å². The third kappa shape index (κ3) is 27.4. The fraction of sp³-hybridized carbons (Fsp3) is 0.895. The van der Waals surface area contributed by atoms with Crippen LogP contribution in [-0.4, -0.2) is 53.2 Å². The number of allylic oxidation sites excluding steroid dienone is 2. The second kappa shape index (κ2) is 35.4. The summed E-state index contributed by atoms with van der Waals surface area (Å²) in [5.41, 5.74) is 0. The first kappa shape index (κ1) is 43.6. The minimum absolute atomic E-state index is 0.115. The molecule has 0 aromatic carbocycles. The van der Waals surface area contributed by atoms with Crippen LogP contribution in [0, 0.1) is 0 Å². The maximum Gasteiger partial charge on any atom is 0.159 e. The van der Waals surface area contributed by atoms with Gasteiger partial charge in [0.25, 0.3) is 0 Å². The van der Waals surface area contributed by atoms with Gasteiger partial charge in [-0.25, -0.2) is 0 Å². The van der Waals surface area contributed by atoms with Crippen LogP contribution in [0.25, 0.3) is 0 Å². The van der Waals surface area contributed by atoms with E-state index in [4.69, 9.17) is 33.2 Å². The minimum atomic E-state index is 0.115. The molecule has 0 bridgehead atoms. The quantitative estimate of drug-likeness (QED) is 0.0383. The average Bonchev–Trinajstić information content (AvgIpc) is 3.05. The molecule has 0 atom stereocenters. The molecule has 0 aromatic rings. The Balaban J connectivity index is 4.87. The van der Waals surface area contributed by atoms with Crippen LogP contribution in [-0.2, 0) is 33.2 Å². The van der Waals surface area contributed by atoms with Crippen molar-refractivity contribution < 1.29 is 33.2 Å². The molecule has 7 nitrogen and oxygen atoms in total. The Morgan fingerprint density at radius 3 is 0.956 bits per heavy atom. The van der Waals surface area contributed by atoms with Gasteiger partial charge < -0.3 is 33.2 Å². The minimum Gasteiger partial charge on any atom is -0.494 e. The van der Waals surface area contributed by atoms with Gasteiger partial charge in [-0.1, -0.05) is 119 Å². The van der Waals surface area contributed by atoms with Crippen LogP contribution in [0.4, 0.5) is 0 Å². The molecule has 0 saturated heterocycles. The van der Waals surface area contributed by atoms with E-state index in [2.05, 4.69) is 41.5 Å². The van der Waals surface area contributed by atoms with Crippen molar-refractivity contribution >= 4 is 0 Å². The predicted molar refractivity (Wildman–Crippen MR) is 187 cm³/mol. The summed E-state index contributed by atoms with van der Waals surface area (Å²) in [4.78, 5) is 0. The fourth-order valence-corrected chi connectivity index (χ4v) is 4.80. The number of rotatable bonds is 36. The molecular weight excluding hydrogens is 568 g/mol. The van der Waals surface area contributed by atoms with Gasteiger partial charge in [-0.3, -0.25) is 0 Å². The normalized spacial score (nSPS) is 12.6. The molecule has 0 aliphatic heterocycles. The summed E-state index contributed by atoms with van der Waals surface area (Å²) in [5, 5.41) is 0. The van der Waals surface area contributed by atoms with E-state index in [0.29, 0.717) is 39.6 Å². The lowest BCUT2D eigenvalue weighted by molar-refractivity contribution is -0.132. The third-order valence-corrected chi connectivity index (χ3v) is 7.36. The van der Waals surface area contributed by atoms with Crippen LogP contribution in [0.5, 0.6) is 0 Å². The van der Waals surface area contributed by atoms with Crippen molar-refractivity contribution in [2.75, 3.05) is 53.2 Å². The van der Waals surface area contributed by atoms with E-state index in [1.165, 1.54) is 77.0 Å². The van der Waals surface area contributed by atoms with Crippen molar-refractivity contribution in [2.45, 2.75) is 170 Å². The first-order valence-electron chi connectivity index (χ1n) is 18.9. The SMILES string of the molecule is CCCCCCCCCC(OCCC)=C(COCOCOCC(OCCC)=C(CCCCCCCCC)OCCC)OCCC. The second-order valence-electron chi connectivity index (χ2n) is 12.0. The summed E-state index contributed by atoms with van der Waals surface area (Å²) in [6.45, 7) is 16.6. The Morgan fingerprint density at radius 2 is 0.622 bits per heavy atom. The van der Waals surface area contributed by atoms with Gasteiger partial charge in [0, 0.05) is 12.8 Å². The van der Waals surface area contributed by atoms with Crippen molar-refractivity contribution in [3.63, 3.8) is 0 Å². The maximum atomic E-state index is 6.14. The fourth-order valence-electron chi connectivity index (χ4n) is 4.80. The van der Waals surface area contributed by atoms with Crippen molar-refractivity contribution in [3.8, 4) is 0 Å². The van der Waals surface area contributed by atoms with Crippen LogP contribution in [0.15, 0.2) is 23.0 Å². The number of ether oxygens (including phenoxy) is 7.